The lowest BCUT2D eigenvalue weighted by molar-refractivity contribution is 0.955. The minimum Gasteiger partial charge on any atom is -0.370 e. The number of fused-ring (bicyclic) bond motifs is 1. The van der Waals surface area contributed by atoms with E-state index in [1.54, 1.807) is 0 Å². The maximum absolute atomic E-state index is 4.55. The third kappa shape index (κ3) is 2.99. The number of rotatable bonds is 4. The summed E-state index contributed by atoms with van der Waals surface area (Å²) in [5, 5.41) is 4.44. The zero-order chi connectivity index (χ0) is 14.7. The summed E-state index contributed by atoms with van der Waals surface area (Å²) < 4.78 is 0. The number of benzene rings is 1. The monoisotopic (exact) mass is 278 g/mol. The Kier molecular flexibility index (Phi) is 3.77. The number of aromatic nitrogens is 3. The van der Waals surface area contributed by atoms with Gasteiger partial charge in [-0.15, -0.1) is 0 Å². The van der Waals surface area contributed by atoms with Gasteiger partial charge in [-0.1, -0.05) is 19.1 Å². The van der Waals surface area contributed by atoms with Crippen molar-refractivity contribution in [2.75, 3.05) is 11.9 Å². The second kappa shape index (κ2) is 5.87. The van der Waals surface area contributed by atoms with Gasteiger partial charge in [-0.05, 0) is 31.5 Å². The zero-order valence-corrected chi connectivity index (χ0v) is 12.3. The van der Waals surface area contributed by atoms with Gasteiger partial charge >= 0.3 is 0 Å². The Balaban J connectivity index is 2.02. The molecule has 0 unspecified atom stereocenters. The molecule has 0 atom stereocenters. The van der Waals surface area contributed by atoms with Crippen molar-refractivity contribution in [3.05, 3.63) is 48.4 Å². The third-order valence-electron chi connectivity index (χ3n) is 3.29. The first-order chi connectivity index (χ1) is 10.3. The molecule has 2 heterocycles. The molecule has 2 aromatic heterocycles. The van der Waals surface area contributed by atoms with E-state index in [9.17, 15) is 0 Å². The molecule has 3 aromatic rings. The number of aryl methyl sites for hydroxylation is 1. The molecule has 3 rings (SSSR count). The SMILES string of the molecule is CCCNc1cc(-c2ccc3ncccc3c2)nc(C)n1. The fourth-order valence-corrected chi connectivity index (χ4v) is 2.29. The van der Waals surface area contributed by atoms with E-state index in [-0.39, 0.29) is 0 Å². The highest BCUT2D eigenvalue weighted by Gasteiger charge is 2.05. The topological polar surface area (TPSA) is 50.7 Å². The molecule has 0 aliphatic carbocycles. The van der Waals surface area contributed by atoms with Gasteiger partial charge in [0, 0.05) is 29.8 Å². The van der Waals surface area contributed by atoms with Crippen LogP contribution in [0, 0.1) is 6.92 Å². The maximum atomic E-state index is 4.55. The van der Waals surface area contributed by atoms with Gasteiger partial charge in [0.05, 0.1) is 11.2 Å². The van der Waals surface area contributed by atoms with Gasteiger partial charge in [-0.2, -0.15) is 0 Å². The molecular weight excluding hydrogens is 260 g/mol. The summed E-state index contributed by atoms with van der Waals surface area (Å²) in [6.07, 6.45) is 2.88. The standard InChI is InChI=1S/C17H18N4/c1-3-8-19-17-11-16(20-12(2)21-17)14-6-7-15-13(10-14)5-4-9-18-15/h4-7,9-11H,3,8H2,1-2H3,(H,19,20,21). The Hall–Kier alpha value is -2.49. The van der Waals surface area contributed by atoms with Crippen LogP contribution in [-0.4, -0.2) is 21.5 Å². The molecule has 1 N–H and O–H groups in total. The second-order valence-electron chi connectivity index (χ2n) is 5.02. The van der Waals surface area contributed by atoms with E-state index in [0.717, 1.165) is 46.8 Å². The van der Waals surface area contributed by atoms with Gasteiger partial charge in [-0.25, -0.2) is 9.97 Å². The molecule has 0 aliphatic heterocycles. The summed E-state index contributed by atoms with van der Waals surface area (Å²) in [4.78, 5) is 13.3. The lowest BCUT2D eigenvalue weighted by atomic mass is 10.1. The summed E-state index contributed by atoms with van der Waals surface area (Å²) in [7, 11) is 0. The first kappa shape index (κ1) is 13.5. The molecule has 0 bridgehead atoms. The van der Waals surface area contributed by atoms with Crippen LogP contribution in [0.3, 0.4) is 0 Å². The average Bonchev–Trinajstić information content (AvgIpc) is 2.52. The first-order valence-electron chi connectivity index (χ1n) is 7.21. The van der Waals surface area contributed by atoms with Crippen molar-refractivity contribution >= 4 is 16.7 Å². The van der Waals surface area contributed by atoms with Crippen molar-refractivity contribution in [3.8, 4) is 11.3 Å². The highest BCUT2D eigenvalue weighted by Crippen LogP contribution is 2.23. The molecule has 0 saturated heterocycles. The molecule has 0 spiro atoms. The average molecular weight is 278 g/mol. The molecule has 4 heteroatoms. The summed E-state index contributed by atoms with van der Waals surface area (Å²) in [5.41, 5.74) is 3.02. The third-order valence-corrected chi connectivity index (χ3v) is 3.29. The van der Waals surface area contributed by atoms with E-state index in [4.69, 9.17) is 0 Å². The van der Waals surface area contributed by atoms with Crippen LogP contribution >= 0.6 is 0 Å². The summed E-state index contributed by atoms with van der Waals surface area (Å²) in [5.74, 6) is 1.66. The molecular formula is C17H18N4. The summed E-state index contributed by atoms with van der Waals surface area (Å²) >= 11 is 0. The van der Waals surface area contributed by atoms with E-state index in [2.05, 4.69) is 45.4 Å². The van der Waals surface area contributed by atoms with Crippen LogP contribution in [-0.2, 0) is 0 Å². The zero-order valence-electron chi connectivity index (χ0n) is 12.3. The van der Waals surface area contributed by atoms with Crippen molar-refractivity contribution in [1.29, 1.82) is 0 Å². The lowest BCUT2D eigenvalue weighted by Gasteiger charge is -2.08. The molecule has 0 amide bonds. The number of hydrogen-bond acceptors (Lipinski definition) is 4. The Morgan fingerprint density at radius 1 is 1.10 bits per heavy atom. The van der Waals surface area contributed by atoms with Crippen LogP contribution in [0.25, 0.3) is 22.2 Å². The minimum atomic E-state index is 0.775. The normalized spacial score (nSPS) is 10.8. The highest BCUT2D eigenvalue weighted by atomic mass is 15.0. The van der Waals surface area contributed by atoms with Crippen molar-refractivity contribution in [2.45, 2.75) is 20.3 Å². The Bertz CT molecular complexity index is 768. The van der Waals surface area contributed by atoms with Gasteiger partial charge < -0.3 is 5.32 Å². The Morgan fingerprint density at radius 3 is 2.86 bits per heavy atom. The predicted molar refractivity (Wildman–Crippen MR) is 86.3 cm³/mol. The van der Waals surface area contributed by atoms with Gasteiger partial charge in [0.15, 0.2) is 0 Å². The maximum Gasteiger partial charge on any atom is 0.130 e. The Labute approximate surface area is 124 Å². The summed E-state index contributed by atoms with van der Waals surface area (Å²) in [6.45, 7) is 4.97. The van der Waals surface area contributed by atoms with E-state index in [1.807, 2.05) is 31.3 Å². The van der Waals surface area contributed by atoms with Gasteiger partial charge in [0.2, 0.25) is 0 Å². The highest BCUT2D eigenvalue weighted by molar-refractivity contribution is 5.83. The molecule has 0 aliphatic rings. The van der Waals surface area contributed by atoms with Crippen LogP contribution in [0.1, 0.15) is 19.2 Å². The van der Waals surface area contributed by atoms with Crippen molar-refractivity contribution in [2.24, 2.45) is 0 Å². The second-order valence-corrected chi connectivity index (χ2v) is 5.02. The van der Waals surface area contributed by atoms with Gasteiger partial charge in [0.25, 0.3) is 0 Å². The van der Waals surface area contributed by atoms with E-state index >= 15 is 0 Å². The largest absolute Gasteiger partial charge is 0.370 e. The van der Waals surface area contributed by atoms with E-state index in [1.165, 1.54) is 0 Å². The first-order valence-corrected chi connectivity index (χ1v) is 7.21. The molecule has 0 saturated carbocycles. The van der Waals surface area contributed by atoms with Crippen LogP contribution in [0.15, 0.2) is 42.6 Å². The van der Waals surface area contributed by atoms with Crippen molar-refractivity contribution < 1.29 is 0 Å². The number of nitrogens with one attached hydrogen (secondary N) is 1. The molecule has 1 aromatic carbocycles. The molecule has 106 valence electrons. The molecule has 21 heavy (non-hydrogen) atoms. The van der Waals surface area contributed by atoms with E-state index in [0.29, 0.717) is 0 Å². The van der Waals surface area contributed by atoms with Crippen molar-refractivity contribution in [1.82, 2.24) is 15.0 Å². The number of nitrogens with zero attached hydrogens (tertiary/aromatic N) is 3. The smallest absolute Gasteiger partial charge is 0.130 e. The Morgan fingerprint density at radius 2 is 2.00 bits per heavy atom. The minimum absolute atomic E-state index is 0.775. The van der Waals surface area contributed by atoms with Gasteiger partial charge in [-0.3, -0.25) is 4.98 Å². The van der Waals surface area contributed by atoms with Crippen LogP contribution in [0.2, 0.25) is 0 Å². The number of hydrogen-bond donors (Lipinski definition) is 1. The molecule has 0 fully saturated rings. The van der Waals surface area contributed by atoms with Crippen LogP contribution in [0.5, 0.6) is 0 Å². The lowest BCUT2D eigenvalue weighted by Crippen LogP contribution is -2.04. The van der Waals surface area contributed by atoms with Gasteiger partial charge in [0.1, 0.15) is 11.6 Å². The predicted octanol–water partition coefficient (Wildman–Crippen LogP) is 3.82. The quantitative estimate of drug-likeness (QED) is 0.788. The molecule has 0 radical (unpaired) electrons. The number of pyridine rings is 1. The summed E-state index contributed by atoms with van der Waals surface area (Å²) in [6, 6.07) is 12.2. The van der Waals surface area contributed by atoms with Crippen molar-refractivity contribution in [3.63, 3.8) is 0 Å². The fraction of sp³-hybridized carbons (Fsp3) is 0.235. The van der Waals surface area contributed by atoms with Crippen LogP contribution < -0.4 is 5.32 Å². The number of anilines is 1. The molecule has 4 nitrogen and oxygen atoms in total. The van der Waals surface area contributed by atoms with Crippen LogP contribution in [0.4, 0.5) is 5.82 Å². The fourth-order valence-electron chi connectivity index (χ4n) is 2.29. The van der Waals surface area contributed by atoms with E-state index < -0.39 is 0 Å².